The molecule has 0 aromatic rings. The van der Waals surface area contributed by atoms with Gasteiger partial charge in [0.1, 0.15) is 0 Å². The van der Waals surface area contributed by atoms with Crippen LogP contribution in [0.1, 0.15) is 53.9 Å². The molecule has 0 unspecified atom stereocenters. The smallest absolute Gasteiger partial charge is 0.330 e. The monoisotopic (exact) mass is 330 g/mol. The Hall–Kier alpha value is -2.37. The fourth-order valence-electron chi connectivity index (χ4n) is 0.354. The van der Waals surface area contributed by atoms with Gasteiger partial charge in [0.05, 0.1) is 0 Å². The molecular weight excluding hydrogens is 300 g/mol. The van der Waals surface area contributed by atoms with Gasteiger partial charge in [0.2, 0.25) is 0 Å². The zero-order chi connectivity index (χ0) is 19.6. The summed E-state index contributed by atoms with van der Waals surface area (Å²) in [5, 5.41) is 23.7. The van der Waals surface area contributed by atoms with Gasteiger partial charge >= 0.3 is 17.9 Å². The Morgan fingerprint density at radius 1 is 0.652 bits per heavy atom. The van der Waals surface area contributed by atoms with Gasteiger partial charge in [-0.1, -0.05) is 52.8 Å². The summed E-state index contributed by atoms with van der Waals surface area (Å²) >= 11 is 0. The summed E-state index contributed by atoms with van der Waals surface area (Å²) in [4.78, 5) is 28.8. The van der Waals surface area contributed by atoms with Gasteiger partial charge in [0, 0.05) is 16.7 Å². The second-order valence-electron chi connectivity index (χ2n) is 4.61. The van der Waals surface area contributed by atoms with Crippen molar-refractivity contribution in [2.45, 2.75) is 53.9 Å². The molecule has 0 aliphatic carbocycles. The van der Waals surface area contributed by atoms with Gasteiger partial charge < -0.3 is 15.3 Å². The average Bonchev–Trinajstić information content (AvgIpc) is 2.41. The molecule has 6 heteroatoms. The standard InChI is InChI=1S/C5H12.3C4H6O2/c1-3-5-4-2;3*1-3(2)4(5)6/h3-5H2,1-2H3;3*1H2,2H3,(H,5,6). The van der Waals surface area contributed by atoms with Crippen molar-refractivity contribution in [3.63, 3.8) is 0 Å². The van der Waals surface area contributed by atoms with E-state index in [1.807, 2.05) is 0 Å². The molecule has 0 radical (unpaired) electrons. The van der Waals surface area contributed by atoms with Gasteiger partial charge in [-0.25, -0.2) is 14.4 Å². The van der Waals surface area contributed by atoms with Crippen LogP contribution in [0.4, 0.5) is 0 Å². The van der Waals surface area contributed by atoms with Crippen molar-refractivity contribution in [1.29, 1.82) is 0 Å². The summed E-state index contributed by atoms with van der Waals surface area (Å²) in [7, 11) is 0. The zero-order valence-corrected chi connectivity index (χ0v) is 14.8. The molecule has 0 saturated carbocycles. The summed E-state index contributed by atoms with van der Waals surface area (Å²) in [6.45, 7) is 18.2. The Bertz CT molecular complexity index is 312. The SMILES string of the molecule is C=C(C)C(=O)O.C=C(C)C(=O)O.C=C(C)C(=O)O.CCCCC. The number of carbonyl (C=O) groups is 3. The summed E-state index contributed by atoms with van der Waals surface area (Å²) in [6.07, 6.45) is 4.08. The Morgan fingerprint density at radius 2 is 0.783 bits per heavy atom. The predicted octanol–water partition coefficient (Wildman–Crippen LogP) is 4.14. The van der Waals surface area contributed by atoms with Crippen LogP contribution in [0.3, 0.4) is 0 Å². The second kappa shape index (κ2) is 19.6. The molecule has 134 valence electrons. The van der Waals surface area contributed by atoms with Gasteiger partial charge in [0.25, 0.3) is 0 Å². The van der Waals surface area contributed by atoms with E-state index in [2.05, 4.69) is 33.6 Å². The van der Waals surface area contributed by atoms with Crippen LogP contribution in [-0.4, -0.2) is 33.2 Å². The molecule has 23 heavy (non-hydrogen) atoms. The van der Waals surface area contributed by atoms with Crippen LogP contribution in [-0.2, 0) is 14.4 Å². The summed E-state index contributed by atoms with van der Waals surface area (Å²) in [5.41, 5.74) is 0.528. The van der Waals surface area contributed by atoms with Gasteiger partial charge in [-0.2, -0.15) is 0 Å². The van der Waals surface area contributed by atoms with Crippen molar-refractivity contribution < 1.29 is 29.7 Å². The van der Waals surface area contributed by atoms with E-state index in [4.69, 9.17) is 15.3 Å². The number of rotatable bonds is 5. The van der Waals surface area contributed by atoms with Crippen LogP contribution < -0.4 is 0 Å². The minimum atomic E-state index is -0.935. The van der Waals surface area contributed by atoms with Crippen molar-refractivity contribution in [2.24, 2.45) is 0 Å². The van der Waals surface area contributed by atoms with E-state index >= 15 is 0 Å². The highest BCUT2D eigenvalue weighted by atomic mass is 16.4. The normalized spacial score (nSPS) is 7.70. The first-order valence-corrected chi connectivity index (χ1v) is 7.01. The molecule has 6 nitrogen and oxygen atoms in total. The highest BCUT2D eigenvalue weighted by Gasteiger charge is 1.91. The molecule has 0 aliphatic heterocycles. The lowest BCUT2D eigenvalue weighted by Gasteiger charge is -1.79. The third-order valence-electron chi connectivity index (χ3n) is 1.80. The molecule has 0 rings (SSSR count). The maximum absolute atomic E-state index is 9.60. The van der Waals surface area contributed by atoms with Crippen LogP contribution in [0, 0.1) is 0 Å². The first-order chi connectivity index (χ1) is 10.3. The molecule has 0 aliphatic rings. The Kier molecular flexibility index (Phi) is 24.5. The van der Waals surface area contributed by atoms with Gasteiger partial charge in [0.15, 0.2) is 0 Å². The number of carboxylic acids is 3. The molecule has 3 N–H and O–H groups in total. The van der Waals surface area contributed by atoms with Gasteiger partial charge in [-0.15, -0.1) is 0 Å². The van der Waals surface area contributed by atoms with E-state index in [0.29, 0.717) is 0 Å². The fourth-order valence-corrected chi connectivity index (χ4v) is 0.354. The highest BCUT2D eigenvalue weighted by molar-refractivity contribution is 5.85. The Labute approximate surface area is 138 Å². The van der Waals surface area contributed by atoms with E-state index in [-0.39, 0.29) is 16.7 Å². The van der Waals surface area contributed by atoms with E-state index < -0.39 is 17.9 Å². The lowest BCUT2D eigenvalue weighted by atomic mass is 10.3. The van der Waals surface area contributed by atoms with Crippen molar-refractivity contribution >= 4 is 17.9 Å². The molecule has 0 aromatic heterocycles. The fraction of sp³-hybridized carbons (Fsp3) is 0.471. The van der Waals surface area contributed by atoms with E-state index in [1.54, 1.807) is 0 Å². The number of aliphatic carboxylic acids is 3. The van der Waals surface area contributed by atoms with Crippen LogP contribution in [0.25, 0.3) is 0 Å². The number of hydrogen-bond donors (Lipinski definition) is 3. The molecule has 0 atom stereocenters. The third-order valence-corrected chi connectivity index (χ3v) is 1.80. The molecule has 0 heterocycles. The highest BCUT2D eigenvalue weighted by Crippen LogP contribution is 1.88. The third kappa shape index (κ3) is 45.1. The summed E-state index contributed by atoms with van der Waals surface area (Å²) in [5.74, 6) is -2.81. The van der Waals surface area contributed by atoms with E-state index in [1.165, 1.54) is 40.0 Å². The Morgan fingerprint density at radius 3 is 0.783 bits per heavy atom. The van der Waals surface area contributed by atoms with E-state index in [9.17, 15) is 14.4 Å². The molecule has 0 bridgehead atoms. The molecule has 0 saturated heterocycles. The molecule has 0 aromatic carbocycles. The van der Waals surface area contributed by atoms with Crippen molar-refractivity contribution in [3.05, 3.63) is 36.5 Å². The van der Waals surface area contributed by atoms with Crippen molar-refractivity contribution in [2.75, 3.05) is 0 Å². The molecule has 0 fully saturated rings. The molecule has 0 spiro atoms. The maximum Gasteiger partial charge on any atom is 0.330 e. The molecule has 0 amide bonds. The van der Waals surface area contributed by atoms with Gasteiger partial charge in [-0.3, -0.25) is 0 Å². The first-order valence-electron chi connectivity index (χ1n) is 7.01. The summed E-state index contributed by atoms with van der Waals surface area (Å²) < 4.78 is 0. The number of carboxylic acid groups (broad SMARTS) is 3. The maximum atomic E-state index is 9.60. The summed E-state index contributed by atoms with van der Waals surface area (Å²) in [6, 6.07) is 0. The Balaban J connectivity index is -0.000000105. The average molecular weight is 330 g/mol. The number of unbranched alkanes of at least 4 members (excludes halogenated alkanes) is 2. The minimum absolute atomic E-state index is 0.176. The first kappa shape index (κ1) is 28.7. The number of hydrogen-bond acceptors (Lipinski definition) is 3. The van der Waals surface area contributed by atoms with Gasteiger partial charge in [-0.05, 0) is 20.8 Å². The van der Waals surface area contributed by atoms with Crippen LogP contribution in [0.2, 0.25) is 0 Å². The topological polar surface area (TPSA) is 112 Å². The predicted molar refractivity (Wildman–Crippen MR) is 92.5 cm³/mol. The second-order valence-corrected chi connectivity index (χ2v) is 4.61. The zero-order valence-electron chi connectivity index (χ0n) is 14.8. The minimum Gasteiger partial charge on any atom is -0.478 e. The quantitative estimate of drug-likeness (QED) is 0.653. The van der Waals surface area contributed by atoms with Crippen molar-refractivity contribution in [1.82, 2.24) is 0 Å². The van der Waals surface area contributed by atoms with Crippen LogP contribution in [0.5, 0.6) is 0 Å². The van der Waals surface area contributed by atoms with Crippen LogP contribution in [0.15, 0.2) is 36.5 Å². The lowest BCUT2D eigenvalue weighted by molar-refractivity contribution is -0.133. The van der Waals surface area contributed by atoms with Crippen molar-refractivity contribution in [3.8, 4) is 0 Å². The van der Waals surface area contributed by atoms with Crippen LogP contribution >= 0.6 is 0 Å². The van der Waals surface area contributed by atoms with E-state index in [0.717, 1.165) is 0 Å². The largest absolute Gasteiger partial charge is 0.478 e. The molecular formula is C17H30O6. The lowest BCUT2D eigenvalue weighted by Crippen LogP contribution is -1.92.